The molecule has 2 atom stereocenters. The molecule has 1 saturated heterocycles. The van der Waals surface area contributed by atoms with E-state index in [1.54, 1.807) is 11.4 Å². The molecule has 1 aromatic heterocycles. The molecule has 0 spiro atoms. The van der Waals surface area contributed by atoms with E-state index >= 15 is 0 Å². The molecule has 1 aliphatic rings. The van der Waals surface area contributed by atoms with E-state index < -0.39 is 5.97 Å². The number of carbonyl (C=O) groups excluding carboxylic acids is 2. The van der Waals surface area contributed by atoms with Gasteiger partial charge in [0.15, 0.2) is 0 Å². The summed E-state index contributed by atoms with van der Waals surface area (Å²) in [4.78, 5) is 24.4. The molecule has 1 amide bonds. The Morgan fingerprint density at radius 2 is 2.29 bits per heavy atom. The molecule has 0 aliphatic carbocycles. The highest BCUT2D eigenvalue weighted by Crippen LogP contribution is 2.25. The van der Waals surface area contributed by atoms with Crippen molar-refractivity contribution in [1.82, 2.24) is 5.32 Å². The number of anilines is 1. The third kappa shape index (κ3) is 3.81. The van der Waals surface area contributed by atoms with Gasteiger partial charge in [-0.25, -0.2) is 4.79 Å². The van der Waals surface area contributed by atoms with E-state index in [1.807, 2.05) is 0 Å². The van der Waals surface area contributed by atoms with Crippen molar-refractivity contribution in [2.24, 2.45) is 5.92 Å². The Labute approximate surface area is 127 Å². The molecule has 2 rings (SSSR count). The van der Waals surface area contributed by atoms with E-state index in [4.69, 9.17) is 9.47 Å². The zero-order valence-electron chi connectivity index (χ0n) is 12.2. The fourth-order valence-corrected chi connectivity index (χ4v) is 2.99. The van der Waals surface area contributed by atoms with Gasteiger partial charge in [-0.2, -0.15) is 0 Å². The van der Waals surface area contributed by atoms with Gasteiger partial charge >= 0.3 is 5.97 Å². The molecule has 2 unspecified atom stereocenters. The minimum atomic E-state index is -0.441. The van der Waals surface area contributed by atoms with Gasteiger partial charge in [-0.05, 0) is 24.4 Å². The quantitative estimate of drug-likeness (QED) is 0.778. The van der Waals surface area contributed by atoms with Crippen molar-refractivity contribution < 1.29 is 19.1 Å². The lowest BCUT2D eigenvalue weighted by Crippen LogP contribution is -2.41. The van der Waals surface area contributed by atoms with Gasteiger partial charge in [-0.3, -0.25) is 4.79 Å². The molecule has 0 radical (unpaired) electrons. The van der Waals surface area contributed by atoms with Crippen LogP contribution in [-0.2, 0) is 14.3 Å². The molecule has 1 fully saturated rings. The molecule has 116 valence electrons. The van der Waals surface area contributed by atoms with E-state index in [2.05, 4.69) is 17.6 Å². The first-order valence-corrected chi connectivity index (χ1v) is 7.83. The van der Waals surface area contributed by atoms with E-state index in [0.29, 0.717) is 23.8 Å². The van der Waals surface area contributed by atoms with Crippen LogP contribution in [0.15, 0.2) is 11.4 Å². The summed E-state index contributed by atoms with van der Waals surface area (Å²) in [5.74, 6) is -0.824. The molecule has 0 saturated carbocycles. The van der Waals surface area contributed by atoms with Gasteiger partial charge in [0.1, 0.15) is 4.88 Å². The number of carbonyl (C=O) groups is 2. The summed E-state index contributed by atoms with van der Waals surface area (Å²) in [5.41, 5.74) is 0.498. The van der Waals surface area contributed by atoms with Crippen LogP contribution in [-0.4, -0.2) is 44.8 Å². The number of ether oxygens (including phenoxy) is 2. The van der Waals surface area contributed by atoms with Gasteiger partial charge in [0.25, 0.3) is 0 Å². The molecule has 6 nitrogen and oxygen atoms in total. The summed E-state index contributed by atoms with van der Waals surface area (Å²) in [7, 11) is 1.32. The molecule has 1 aliphatic heterocycles. The SMILES string of the molecule is CCCNC1COCC1C(=O)Nc1ccsc1C(=O)OC. The number of methoxy groups -OCH3 is 1. The zero-order chi connectivity index (χ0) is 15.2. The molecule has 0 bridgehead atoms. The number of esters is 1. The van der Waals surface area contributed by atoms with Crippen LogP contribution in [0.5, 0.6) is 0 Å². The van der Waals surface area contributed by atoms with Crippen molar-refractivity contribution in [3.8, 4) is 0 Å². The second-order valence-corrected chi connectivity index (χ2v) is 5.76. The van der Waals surface area contributed by atoms with Crippen molar-refractivity contribution >= 4 is 28.9 Å². The number of nitrogens with one attached hydrogen (secondary N) is 2. The summed E-state index contributed by atoms with van der Waals surface area (Å²) in [6.07, 6.45) is 1.00. The largest absolute Gasteiger partial charge is 0.465 e. The lowest BCUT2D eigenvalue weighted by molar-refractivity contribution is -0.120. The minimum absolute atomic E-state index is 0.0187. The van der Waals surface area contributed by atoms with Gasteiger partial charge in [-0.15, -0.1) is 11.3 Å². The first-order chi connectivity index (χ1) is 10.2. The lowest BCUT2D eigenvalue weighted by atomic mass is 10.0. The maximum atomic E-state index is 12.4. The third-order valence-corrected chi connectivity index (χ3v) is 4.26. The Morgan fingerprint density at radius 3 is 3.00 bits per heavy atom. The predicted octanol–water partition coefficient (Wildman–Crippen LogP) is 1.49. The normalized spacial score (nSPS) is 21.2. The van der Waals surface area contributed by atoms with Crippen LogP contribution in [0.2, 0.25) is 0 Å². The Balaban J connectivity index is 2.01. The van der Waals surface area contributed by atoms with Crippen LogP contribution < -0.4 is 10.6 Å². The summed E-state index contributed by atoms with van der Waals surface area (Å²) in [6.45, 7) is 3.85. The van der Waals surface area contributed by atoms with Crippen molar-refractivity contribution in [2.45, 2.75) is 19.4 Å². The molecule has 0 aromatic carbocycles. The number of thiophene rings is 1. The van der Waals surface area contributed by atoms with Gasteiger partial charge in [0.2, 0.25) is 5.91 Å². The van der Waals surface area contributed by atoms with E-state index in [9.17, 15) is 9.59 Å². The van der Waals surface area contributed by atoms with E-state index in [0.717, 1.165) is 13.0 Å². The number of hydrogen-bond donors (Lipinski definition) is 2. The van der Waals surface area contributed by atoms with Crippen molar-refractivity contribution in [3.05, 3.63) is 16.3 Å². The molecular weight excluding hydrogens is 292 g/mol. The van der Waals surface area contributed by atoms with Crippen LogP contribution in [0.4, 0.5) is 5.69 Å². The Kier molecular flexibility index (Phi) is 5.72. The standard InChI is InChI=1S/C14H20N2O4S/c1-3-5-15-11-8-20-7-9(11)13(17)16-10-4-6-21-12(10)14(18)19-2/h4,6,9,11,15H,3,5,7-8H2,1-2H3,(H,16,17). The second-order valence-electron chi connectivity index (χ2n) is 4.85. The maximum absolute atomic E-state index is 12.4. The summed E-state index contributed by atoms with van der Waals surface area (Å²) in [6, 6.07) is 1.73. The van der Waals surface area contributed by atoms with Crippen LogP contribution in [0, 0.1) is 5.92 Å². The van der Waals surface area contributed by atoms with Crippen molar-refractivity contribution in [1.29, 1.82) is 0 Å². The average molecular weight is 312 g/mol. The lowest BCUT2D eigenvalue weighted by Gasteiger charge is -2.18. The topological polar surface area (TPSA) is 76.7 Å². The first-order valence-electron chi connectivity index (χ1n) is 6.95. The van der Waals surface area contributed by atoms with Gasteiger partial charge < -0.3 is 20.1 Å². The fraction of sp³-hybridized carbons (Fsp3) is 0.571. The van der Waals surface area contributed by atoms with E-state index in [-0.39, 0.29) is 17.9 Å². The van der Waals surface area contributed by atoms with Gasteiger partial charge in [0.05, 0.1) is 31.9 Å². The summed E-state index contributed by atoms with van der Waals surface area (Å²) in [5, 5.41) is 7.87. The smallest absolute Gasteiger partial charge is 0.350 e. The Hall–Kier alpha value is -1.44. The van der Waals surface area contributed by atoms with Crippen LogP contribution in [0.3, 0.4) is 0 Å². The molecule has 2 N–H and O–H groups in total. The zero-order valence-corrected chi connectivity index (χ0v) is 13.0. The number of hydrogen-bond acceptors (Lipinski definition) is 6. The minimum Gasteiger partial charge on any atom is -0.465 e. The fourth-order valence-electron chi connectivity index (χ4n) is 2.23. The average Bonchev–Trinajstić information content (AvgIpc) is 3.12. The monoisotopic (exact) mass is 312 g/mol. The molecule has 2 heterocycles. The van der Waals surface area contributed by atoms with E-state index in [1.165, 1.54) is 18.4 Å². The second kappa shape index (κ2) is 7.53. The van der Waals surface area contributed by atoms with Gasteiger partial charge in [0, 0.05) is 6.04 Å². The maximum Gasteiger partial charge on any atom is 0.350 e. The number of amides is 1. The van der Waals surface area contributed by atoms with Crippen molar-refractivity contribution in [2.75, 3.05) is 32.2 Å². The molecule has 7 heteroatoms. The summed E-state index contributed by atoms with van der Waals surface area (Å²) < 4.78 is 10.1. The molecule has 1 aromatic rings. The first kappa shape index (κ1) is 15.9. The third-order valence-electron chi connectivity index (χ3n) is 3.37. The summed E-state index contributed by atoms with van der Waals surface area (Å²) >= 11 is 1.25. The highest BCUT2D eigenvalue weighted by atomic mass is 32.1. The molecule has 21 heavy (non-hydrogen) atoms. The van der Waals surface area contributed by atoms with Crippen LogP contribution >= 0.6 is 11.3 Å². The Bertz CT molecular complexity index is 503. The Morgan fingerprint density at radius 1 is 1.48 bits per heavy atom. The predicted molar refractivity (Wildman–Crippen MR) is 80.7 cm³/mol. The highest BCUT2D eigenvalue weighted by Gasteiger charge is 2.34. The molecular formula is C14H20N2O4S. The van der Waals surface area contributed by atoms with Crippen LogP contribution in [0.1, 0.15) is 23.0 Å². The van der Waals surface area contributed by atoms with Gasteiger partial charge in [-0.1, -0.05) is 6.92 Å². The highest BCUT2D eigenvalue weighted by molar-refractivity contribution is 7.12. The van der Waals surface area contributed by atoms with Crippen LogP contribution in [0.25, 0.3) is 0 Å². The number of rotatable bonds is 6. The van der Waals surface area contributed by atoms with Crippen molar-refractivity contribution in [3.63, 3.8) is 0 Å².